The zero-order chi connectivity index (χ0) is 14.5. The Morgan fingerprint density at radius 2 is 1.70 bits per heavy atom. The van der Waals surface area contributed by atoms with Gasteiger partial charge in [0.25, 0.3) is 0 Å². The number of anilines is 1. The number of nitrogens with one attached hydrogen (secondary N) is 1. The minimum Gasteiger partial charge on any atom is -0.384 e. The Morgan fingerprint density at radius 3 is 2.30 bits per heavy atom. The number of hydrogen-bond donors (Lipinski definition) is 2. The fourth-order valence-electron chi connectivity index (χ4n) is 2.65. The Bertz CT molecular complexity index is 558. The molecule has 1 aromatic carbocycles. The molecule has 0 aliphatic heterocycles. The van der Waals surface area contributed by atoms with Gasteiger partial charge in [-0.2, -0.15) is 0 Å². The SMILES string of the molecule is CNC(Cc1cc(C)cc(C)c1)Cc1ccnc(N)c1. The van der Waals surface area contributed by atoms with Gasteiger partial charge in [0, 0.05) is 12.2 Å². The molecule has 3 N–H and O–H groups in total. The van der Waals surface area contributed by atoms with Crippen LogP contribution in [0.15, 0.2) is 36.5 Å². The molecule has 1 unspecified atom stereocenters. The first-order valence-corrected chi connectivity index (χ1v) is 7.01. The van der Waals surface area contributed by atoms with Crippen molar-refractivity contribution in [1.29, 1.82) is 0 Å². The van der Waals surface area contributed by atoms with Crippen LogP contribution in [0.25, 0.3) is 0 Å². The predicted molar refractivity (Wildman–Crippen MR) is 84.8 cm³/mol. The molecule has 0 aliphatic carbocycles. The third-order valence-corrected chi connectivity index (χ3v) is 3.50. The van der Waals surface area contributed by atoms with Gasteiger partial charge in [0.15, 0.2) is 0 Å². The zero-order valence-corrected chi connectivity index (χ0v) is 12.5. The van der Waals surface area contributed by atoms with Gasteiger partial charge in [-0.15, -0.1) is 0 Å². The second kappa shape index (κ2) is 6.53. The van der Waals surface area contributed by atoms with Gasteiger partial charge in [0.1, 0.15) is 5.82 Å². The molecule has 0 saturated carbocycles. The Balaban J connectivity index is 2.09. The largest absolute Gasteiger partial charge is 0.384 e. The van der Waals surface area contributed by atoms with Gasteiger partial charge < -0.3 is 11.1 Å². The van der Waals surface area contributed by atoms with Gasteiger partial charge in [-0.05, 0) is 57.0 Å². The monoisotopic (exact) mass is 269 g/mol. The summed E-state index contributed by atoms with van der Waals surface area (Å²) in [6.45, 7) is 4.29. The molecule has 0 spiro atoms. The number of rotatable bonds is 5. The number of likely N-dealkylation sites (N-methyl/N-ethyl adjacent to an activating group) is 1. The molecule has 0 radical (unpaired) electrons. The highest BCUT2D eigenvalue weighted by Crippen LogP contribution is 2.14. The first kappa shape index (κ1) is 14.5. The van der Waals surface area contributed by atoms with Crippen molar-refractivity contribution in [3.05, 3.63) is 58.8 Å². The van der Waals surface area contributed by atoms with Crippen LogP contribution in [-0.2, 0) is 12.8 Å². The molecule has 0 saturated heterocycles. The summed E-state index contributed by atoms with van der Waals surface area (Å²) in [5, 5.41) is 3.40. The lowest BCUT2D eigenvalue weighted by Crippen LogP contribution is -2.30. The fraction of sp³-hybridized carbons (Fsp3) is 0.353. The Kier molecular flexibility index (Phi) is 4.74. The van der Waals surface area contributed by atoms with Crippen molar-refractivity contribution in [3.8, 4) is 0 Å². The molecular formula is C17H23N3. The number of nitrogens with zero attached hydrogens (tertiary/aromatic N) is 1. The molecule has 2 rings (SSSR count). The molecule has 106 valence electrons. The molecule has 1 aromatic heterocycles. The maximum atomic E-state index is 5.74. The van der Waals surface area contributed by atoms with E-state index in [0.29, 0.717) is 11.9 Å². The standard InChI is InChI=1S/C17H23N3/c1-12-6-13(2)8-15(7-12)10-16(19-3)9-14-4-5-20-17(18)11-14/h4-8,11,16,19H,9-10H2,1-3H3,(H2,18,20). The average Bonchev–Trinajstić information content (AvgIpc) is 2.36. The second-order valence-electron chi connectivity index (χ2n) is 5.48. The highest BCUT2D eigenvalue weighted by Gasteiger charge is 2.09. The lowest BCUT2D eigenvalue weighted by Gasteiger charge is -2.17. The van der Waals surface area contributed by atoms with Crippen molar-refractivity contribution < 1.29 is 0 Å². The van der Waals surface area contributed by atoms with Gasteiger partial charge in [0.2, 0.25) is 0 Å². The summed E-state index contributed by atoms with van der Waals surface area (Å²) in [5.41, 5.74) is 11.0. The lowest BCUT2D eigenvalue weighted by molar-refractivity contribution is 0.556. The Hall–Kier alpha value is -1.87. The van der Waals surface area contributed by atoms with Gasteiger partial charge in [-0.1, -0.05) is 29.3 Å². The number of aromatic nitrogens is 1. The van der Waals surface area contributed by atoms with Gasteiger partial charge in [-0.3, -0.25) is 0 Å². The average molecular weight is 269 g/mol. The third kappa shape index (κ3) is 4.07. The number of nitrogens with two attached hydrogens (primary N) is 1. The number of aryl methyl sites for hydroxylation is 2. The topological polar surface area (TPSA) is 50.9 Å². The number of nitrogen functional groups attached to an aromatic ring is 1. The molecule has 0 bridgehead atoms. The normalized spacial score (nSPS) is 12.3. The van der Waals surface area contributed by atoms with Crippen LogP contribution in [0.4, 0.5) is 5.82 Å². The summed E-state index contributed by atoms with van der Waals surface area (Å²) in [4.78, 5) is 4.04. The summed E-state index contributed by atoms with van der Waals surface area (Å²) < 4.78 is 0. The van der Waals surface area contributed by atoms with E-state index in [9.17, 15) is 0 Å². The molecule has 1 heterocycles. The third-order valence-electron chi connectivity index (χ3n) is 3.50. The maximum absolute atomic E-state index is 5.74. The maximum Gasteiger partial charge on any atom is 0.123 e. The van der Waals surface area contributed by atoms with Crippen molar-refractivity contribution in [2.45, 2.75) is 32.7 Å². The summed E-state index contributed by atoms with van der Waals surface area (Å²) in [6, 6.07) is 11.1. The minimum absolute atomic E-state index is 0.401. The van der Waals surface area contributed by atoms with Crippen LogP contribution < -0.4 is 11.1 Å². The van der Waals surface area contributed by atoms with Crippen LogP contribution in [0.5, 0.6) is 0 Å². The van der Waals surface area contributed by atoms with Gasteiger partial charge >= 0.3 is 0 Å². The molecular weight excluding hydrogens is 246 g/mol. The molecule has 0 fully saturated rings. The van der Waals surface area contributed by atoms with Crippen molar-refractivity contribution in [2.24, 2.45) is 0 Å². The van der Waals surface area contributed by atoms with E-state index in [4.69, 9.17) is 5.73 Å². The molecule has 1 atom stereocenters. The molecule has 3 nitrogen and oxygen atoms in total. The number of hydrogen-bond acceptors (Lipinski definition) is 3. The predicted octanol–water partition coefficient (Wildman–Crippen LogP) is 2.65. The molecule has 3 heteroatoms. The van der Waals surface area contributed by atoms with Crippen LogP contribution in [0.1, 0.15) is 22.3 Å². The Morgan fingerprint density at radius 1 is 1.05 bits per heavy atom. The number of benzene rings is 1. The number of pyridine rings is 1. The molecule has 2 aromatic rings. The van der Waals surface area contributed by atoms with E-state index in [1.54, 1.807) is 6.20 Å². The lowest BCUT2D eigenvalue weighted by atomic mass is 9.97. The summed E-state index contributed by atoms with van der Waals surface area (Å²) in [7, 11) is 2.01. The van der Waals surface area contributed by atoms with E-state index in [1.807, 2.05) is 19.2 Å². The van der Waals surface area contributed by atoms with Gasteiger partial charge in [0.05, 0.1) is 0 Å². The van der Waals surface area contributed by atoms with Crippen molar-refractivity contribution in [2.75, 3.05) is 12.8 Å². The fourth-order valence-corrected chi connectivity index (χ4v) is 2.65. The van der Waals surface area contributed by atoms with E-state index in [1.165, 1.54) is 22.3 Å². The zero-order valence-electron chi connectivity index (χ0n) is 12.5. The quantitative estimate of drug-likeness (QED) is 0.877. The van der Waals surface area contributed by atoms with Gasteiger partial charge in [-0.25, -0.2) is 4.98 Å². The van der Waals surface area contributed by atoms with E-state index >= 15 is 0 Å². The van der Waals surface area contributed by atoms with E-state index in [2.05, 4.69) is 42.3 Å². The summed E-state index contributed by atoms with van der Waals surface area (Å²) in [5.74, 6) is 0.587. The van der Waals surface area contributed by atoms with Crippen LogP contribution in [0.3, 0.4) is 0 Å². The molecule has 20 heavy (non-hydrogen) atoms. The molecule has 0 amide bonds. The van der Waals surface area contributed by atoms with Crippen molar-refractivity contribution in [3.63, 3.8) is 0 Å². The summed E-state index contributed by atoms with van der Waals surface area (Å²) in [6.07, 6.45) is 3.74. The minimum atomic E-state index is 0.401. The highest BCUT2D eigenvalue weighted by atomic mass is 14.9. The molecule has 0 aliphatic rings. The van der Waals surface area contributed by atoms with Crippen molar-refractivity contribution in [1.82, 2.24) is 10.3 Å². The van der Waals surface area contributed by atoms with Crippen LogP contribution in [-0.4, -0.2) is 18.1 Å². The smallest absolute Gasteiger partial charge is 0.123 e. The van der Waals surface area contributed by atoms with E-state index in [-0.39, 0.29) is 0 Å². The summed E-state index contributed by atoms with van der Waals surface area (Å²) >= 11 is 0. The van der Waals surface area contributed by atoms with Crippen LogP contribution in [0, 0.1) is 13.8 Å². The first-order chi connectivity index (χ1) is 9.56. The highest BCUT2D eigenvalue weighted by molar-refractivity contribution is 5.33. The first-order valence-electron chi connectivity index (χ1n) is 7.01. The van der Waals surface area contributed by atoms with Crippen molar-refractivity contribution >= 4 is 5.82 Å². The second-order valence-corrected chi connectivity index (χ2v) is 5.48. The van der Waals surface area contributed by atoms with Crippen LogP contribution >= 0.6 is 0 Å². The van der Waals surface area contributed by atoms with E-state index < -0.39 is 0 Å². The Labute approximate surface area is 121 Å². The van der Waals surface area contributed by atoms with Crippen LogP contribution in [0.2, 0.25) is 0 Å². The van der Waals surface area contributed by atoms with E-state index in [0.717, 1.165) is 12.8 Å².